The number of carbonyl (C=O) groups excluding carboxylic acids is 1. The van der Waals surface area contributed by atoms with Gasteiger partial charge < -0.3 is 15.0 Å². The van der Waals surface area contributed by atoms with Crippen LogP contribution in [0.15, 0.2) is 48.7 Å². The van der Waals surface area contributed by atoms with Gasteiger partial charge in [0, 0.05) is 19.2 Å². The molecule has 1 heterocycles. The van der Waals surface area contributed by atoms with Crippen molar-refractivity contribution in [3.8, 4) is 0 Å². The van der Waals surface area contributed by atoms with Crippen LogP contribution in [0, 0.1) is 0 Å². The molecule has 2 N–H and O–H groups in total. The predicted octanol–water partition coefficient (Wildman–Crippen LogP) is 1.93. The average molecular weight is 286 g/mol. The number of amides is 1. The number of hydrogen-bond donors (Lipinski definition) is 2. The van der Waals surface area contributed by atoms with Gasteiger partial charge in [-0.1, -0.05) is 30.3 Å². The number of carbonyl (C=O) groups is 2. The molecule has 2 rings (SSSR count). The van der Waals surface area contributed by atoms with E-state index in [1.54, 1.807) is 22.9 Å². The molecule has 2 aromatic rings. The summed E-state index contributed by atoms with van der Waals surface area (Å²) in [6.07, 6.45) is 2.05. The zero-order valence-electron chi connectivity index (χ0n) is 11.8. The molecule has 21 heavy (non-hydrogen) atoms. The number of hydrogen-bond acceptors (Lipinski definition) is 2. The highest BCUT2D eigenvalue weighted by Crippen LogP contribution is 2.06. The number of benzene rings is 1. The van der Waals surface area contributed by atoms with Gasteiger partial charge in [0.2, 0.25) is 0 Å². The van der Waals surface area contributed by atoms with E-state index in [-0.39, 0.29) is 12.3 Å². The minimum absolute atomic E-state index is 0.259. The highest BCUT2D eigenvalue weighted by molar-refractivity contribution is 5.95. The third kappa shape index (κ3) is 3.72. The summed E-state index contributed by atoms with van der Waals surface area (Å²) in [4.78, 5) is 23.5. The van der Waals surface area contributed by atoms with Crippen LogP contribution in [0.1, 0.15) is 23.0 Å². The van der Waals surface area contributed by atoms with Crippen molar-refractivity contribution in [3.63, 3.8) is 0 Å². The molecule has 1 aromatic heterocycles. The molecule has 0 bridgehead atoms. The van der Waals surface area contributed by atoms with Gasteiger partial charge in [-0.2, -0.15) is 0 Å². The molecule has 0 saturated carbocycles. The molecule has 0 spiro atoms. The lowest BCUT2D eigenvalue weighted by Gasteiger charge is -2.15. The number of nitrogens with one attached hydrogen (secondary N) is 1. The van der Waals surface area contributed by atoms with E-state index in [0.717, 1.165) is 5.56 Å². The maximum Gasteiger partial charge on any atom is 0.326 e. The van der Waals surface area contributed by atoms with E-state index in [1.165, 1.54) is 0 Å². The van der Waals surface area contributed by atoms with Crippen molar-refractivity contribution in [2.75, 3.05) is 0 Å². The molecule has 0 aliphatic carbocycles. The summed E-state index contributed by atoms with van der Waals surface area (Å²) in [5.41, 5.74) is 1.34. The van der Waals surface area contributed by atoms with Crippen molar-refractivity contribution in [1.82, 2.24) is 9.88 Å². The zero-order chi connectivity index (χ0) is 15.2. The van der Waals surface area contributed by atoms with Crippen molar-refractivity contribution >= 4 is 11.9 Å². The molecule has 5 heteroatoms. The molecule has 0 saturated heterocycles. The Morgan fingerprint density at radius 1 is 1.19 bits per heavy atom. The number of nitrogens with zero attached hydrogens (tertiary/aromatic N) is 1. The second kappa shape index (κ2) is 6.74. The first-order valence-electron chi connectivity index (χ1n) is 6.84. The number of rotatable bonds is 6. The summed E-state index contributed by atoms with van der Waals surface area (Å²) < 4.78 is 1.77. The molecule has 0 fully saturated rings. The molecule has 110 valence electrons. The van der Waals surface area contributed by atoms with Crippen LogP contribution in [-0.4, -0.2) is 27.6 Å². The van der Waals surface area contributed by atoms with Gasteiger partial charge in [-0.05, 0) is 24.6 Å². The molecule has 1 unspecified atom stereocenters. The molecule has 0 aliphatic rings. The standard InChI is InChI=1S/C16H18N2O3/c1-2-18-10-6-9-14(18)15(19)17-13(16(20)21)11-12-7-4-3-5-8-12/h3-10,13H,2,11H2,1H3,(H,17,19)(H,20,21). The van der Waals surface area contributed by atoms with Crippen LogP contribution in [0.25, 0.3) is 0 Å². The summed E-state index contributed by atoms with van der Waals surface area (Å²) >= 11 is 0. The van der Waals surface area contributed by atoms with Gasteiger partial charge >= 0.3 is 5.97 Å². The average Bonchev–Trinajstić information content (AvgIpc) is 2.96. The Balaban J connectivity index is 2.10. The molecule has 1 aromatic carbocycles. The van der Waals surface area contributed by atoms with E-state index in [9.17, 15) is 14.7 Å². The second-order valence-electron chi connectivity index (χ2n) is 4.73. The van der Waals surface area contributed by atoms with Gasteiger partial charge in [-0.25, -0.2) is 4.79 Å². The van der Waals surface area contributed by atoms with Crippen LogP contribution < -0.4 is 5.32 Å². The van der Waals surface area contributed by atoms with Crippen molar-refractivity contribution < 1.29 is 14.7 Å². The van der Waals surface area contributed by atoms with Crippen LogP contribution in [0.3, 0.4) is 0 Å². The van der Waals surface area contributed by atoms with E-state index in [4.69, 9.17) is 0 Å². The van der Waals surface area contributed by atoms with E-state index < -0.39 is 12.0 Å². The normalized spacial score (nSPS) is 11.9. The SMILES string of the molecule is CCn1cccc1C(=O)NC(Cc1ccccc1)C(=O)O. The fourth-order valence-corrected chi connectivity index (χ4v) is 2.18. The molecular weight excluding hydrogens is 268 g/mol. The van der Waals surface area contributed by atoms with Crippen LogP contribution >= 0.6 is 0 Å². The largest absolute Gasteiger partial charge is 0.480 e. The summed E-state index contributed by atoms with van der Waals surface area (Å²) in [6, 6.07) is 11.8. The first kappa shape index (κ1) is 14.8. The maximum atomic E-state index is 12.2. The van der Waals surface area contributed by atoms with Crippen LogP contribution in [0.2, 0.25) is 0 Å². The minimum atomic E-state index is -1.04. The number of aliphatic carboxylic acids is 1. The molecule has 5 nitrogen and oxygen atoms in total. The lowest BCUT2D eigenvalue weighted by atomic mass is 10.1. The Labute approximate surface area is 123 Å². The van der Waals surface area contributed by atoms with Crippen molar-refractivity contribution in [1.29, 1.82) is 0 Å². The Kier molecular flexibility index (Phi) is 4.77. The van der Waals surface area contributed by atoms with Crippen molar-refractivity contribution in [3.05, 3.63) is 59.9 Å². The number of carboxylic acid groups (broad SMARTS) is 1. The summed E-state index contributed by atoms with van der Waals surface area (Å²) in [7, 11) is 0. The highest BCUT2D eigenvalue weighted by atomic mass is 16.4. The summed E-state index contributed by atoms with van der Waals surface area (Å²) in [5, 5.41) is 11.9. The van der Waals surface area contributed by atoms with E-state index in [2.05, 4.69) is 5.32 Å². The Morgan fingerprint density at radius 3 is 2.52 bits per heavy atom. The van der Waals surface area contributed by atoms with E-state index in [0.29, 0.717) is 12.2 Å². The monoisotopic (exact) mass is 286 g/mol. The van der Waals surface area contributed by atoms with Gasteiger partial charge in [0.25, 0.3) is 5.91 Å². The van der Waals surface area contributed by atoms with Crippen LogP contribution in [0.5, 0.6) is 0 Å². The number of aromatic nitrogens is 1. The third-order valence-electron chi connectivity index (χ3n) is 3.29. The van der Waals surface area contributed by atoms with Crippen LogP contribution in [-0.2, 0) is 17.8 Å². The first-order valence-corrected chi connectivity index (χ1v) is 6.84. The highest BCUT2D eigenvalue weighted by Gasteiger charge is 2.22. The van der Waals surface area contributed by atoms with Gasteiger partial charge in [-0.3, -0.25) is 4.79 Å². The fourth-order valence-electron chi connectivity index (χ4n) is 2.18. The minimum Gasteiger partial charge on any atom is -0.480 e. The van der Waals surface area contributed by atoms with Crippen LogP contribution in [0.4, 0.5) is 0 Å². The zero-order valence-corrected chi connectivity index (χ0v) is 11.8. The van der Waals surface area contributed by atoms with Gasteiger partial charge in [-0.15, -0.1) is 0 Å². The Hall–Kier alpha value is -2.56. The van der Waals surface area contributed by atoms with Gasteiger partial charge in [0.1, 0.15) is 11.7 Å². The van der Waals surface area contributed by atoms with Crippen molar-refractivity contribution in [2.45, 2.75) is 25.9 Å². The quantitative estimate of drug-likeness (QED) is 0.852. The fraction of sp³-hybridized carbons (Fsp3) is 0.250. The first-order chi connectivity index (χ1) is 10.1. The maximum absolute atomic E-state index is 12.2. The van der Waals surface area contributed by atoms with Gasteiger partial charge in [0.05, 0.1) is 0 Å². The Bertz CT molecular complexity index is 619. The van der Waals surface area contributed by atoms with Gasteiger partial charge in [0.15, 0.2) is 0 Å². The second-order valence-corrected chi connectivity index (χ2v) is 4.73. The molecular formula is C16H18N2O3. The van der Waals surface area contributed by atoms with E-state index >= 15 is 0 Å². The Morgan fingerprint density at radius 2 is 1.90 bits per heavy atom. The summed E-state index contributed by atoms with van der Waals surface area (Å²) in [6.45, 7) is 2.58. The predicted molar refractivity (Wildman–Crippen MR) is 79.1 cm³/mol. The lowest BCUT2D eigenvalue weighted by molar-refractivity contribution is -0.139. The third-order valence-corrected chi connectivity index (χ3v) is 3.29. The lowest BCUT2D eigenvalue weighted by Crippen LogP contribution is -2.42. The summed E-state index contributed by atoms with van der Waals surface area (Å²) in [5.74, 6) is -1.41. The smallest absolute Gasteiger partial charge is 0.326 e. The molecule has 0 aliphatic heterocycles. The topological polar surface area (TPSA) is 71.3 Å². The van der Waals surface area contributed by atoms with E-state index in [1.807, 2.05) is 37.3 Å². The molecule has 1 atom stereocenters. The molecule has 1 amide bonds. The number of carboxylic acids is 1. The number of aryl methyl sites for hydroxylation is 1. The molecule has 0 radical (unpaired) electrons. The van der Waals surface area contributed by atoms with Crippen molar-refractivity contribution in [2.24, 2.45) is 0 Å².